The van der Waals surface area contributed by atoms with E-state index in [9.17, 15) is 5.11 Å². The van der Waals surface area contributed by atoms with E-state index in [4.69, 9.17) is 0 Å². The third-order valence-corrected chi connectivity index (χ3v) is 2.89. The van der Waals surface area contributed by atoms with Crippen molar-refractivity contribution in [2.75, 3.05) is 18.5 Å². The first-order valence-electron chi connectivity index (χ1n) is 5.96. The van der Waals surface area contributed by atoms with Crippen LogP contribution >= 0.6 is 0 Å². The summed E-state index contributed by atoms with van der Waals surface area (Å²) in [6.07, 6.45) is 6.13. The normalized spacial score (nSPS) is 10.3. The number of aliphatic hydroxyl groups is 1. The van der Waals surface area contributed by atoms with E-state index in [0.717, 1.165) is 29.9 Å². The highest BCUT2D eigenvalue weighted by Crippen LogP contribution is 2.17. The predicted molar refractivity (Wildman–Crippen MR) is 71.4 cm³/mol. The summed E-state index contributed by atoms with van der Waals surface area (Å²) in [5.74, 6) is 0. The molecule has 1 N–H and O–H groups in total. The molecule has 0 saturated carbocycles. The molecule has 0 bridgehead atoms. The average molecular weight is 243 g/mol. The van der Waals surface area contributed by atoms with E-state index in [-0.39, 0.29) is 6.61 Å². The van der Waals surface area contributed by atoms with Crippen molar-refractivity contribution < 1.29 is 5.11 Å². The van der Waals surface area contributed by atoms with E-state index >= 15 is 0 Å². The number of nitrogens with zero attached hydrogens (tertiary/aromatic N) is 3. The van der Waals surface area contributed by atoms with Gasteiger partial charge in [0, 0.05) is 55.5 Å². The van der Waals surface area contributed by atoms with Gasteiger partial charge in [0.2, 0.25) is 0 Å². The van der Waals surface area contributed by atoms with Crippen molar-refractivity contribution in [2.24, 2.45) is 0 Å². The molecule has 2 aromatic rings. The Morgan fingerprint density at radius 2 is 2.11 bits per heavy atom. The van der Waals surface area contributed by atoms with Crippen LogP contribution in [0.4, 0.5) is 5.69 Å². The number of hydrogen-bond donors (Lipinski definition) is 1. The molecule has 4 heteroatoms. The summed E-state index contributed by atoms with van der Waals surface area (Å²) in [5.41, 5.74) is 2.94. The zero-order chi connectivity index (χ0) is 12.8. The first-order chi connectivity index (χ1) is 8.81. The summed E-state index contributed by atoms with van der Waals surface area (Å²) in [4.78, 5) is 10.4. The molecule has 0 aliphatic carbocycles. The summed E-state index contributed by atoms with van der Waals surface area (Å²) < 4.78 is 0. The summed E-state index contributed by atoms with van der Waals surface area (Å²) >= 11 is 0. The van der Waals surface area contributed by atoms with Crippen molar-refractivity contribution in [2.45, 2.75) is 13.0 Å². The van der Waals surface area contributed by atoms with Crippen LogP contribution in [0.5, 0.6) is 0 Å². The summed E-state index contributed by atoms with van der Waals surface area (Å²) in [7, 11) is 2.01. The molecular weight excluding hydrogens is 226 g/mol. The van der Waals surface area contributed by atoms with Crippen LogP contribution in [-0.4, -0.2) is 28.7 Å². The van der Waals surface area contributed by atoms with Gasteiger partial charge in [-0.15, -0.1) is 0 Å². The lowest BCUT2D eigenvalue weighted by molar-refractivity contribution is 0.281. The lowest BCUT2D eigenvalue weighted by atomic mass is 10.2. The van der Waals surface area contributed by atoms with Crippen LogP contribution in [0.3, 0.4) is 0 Å². The largest absolute Gasteiger partial charge is 0.392 e. The van der Waals surface area contributed by atoms with Crippen LogP contribution in [0.1, 0.15) is 11.3 Å². The highest BCUT2D eigenvalue weighted by molar-refractivity contribution is 5.51. The van der Waals surface area contributed by atoms with E-state index < -0.39 is 0 Å². The Kier molecular flexibility index (Phi) is 4.25. The first kappa shape index (κ1) is 12.5. The number of aromatic nitrogens is 2. The summed E-state index contributed by atoms with van der Waals surface area (Å²) in [5, 5.41) is 9.27. The molecule has 0 radical (unpaired) electrons. The maximum atomic E-state index is 9.27. The van der Waals surface area contributed by atoms with Crippen LogP contribution in [-0.2, 0) is 13.0 Å². The van der Waals surface area contributed by atoms with Crippen molar-refractivity contribution in [1.82, 2.24) is 9.97 Å². The third kappa shape index (κ3) is 3.05. The lowest BCUT2D eigenvalue weighted by Gasteiger charge is -2.21. The van der Waals surface area contributed by atoms with Gasteiger partial charge in [-0.1, -0.05) is 6.07 Å². The minimum Gasteiger partial charge on any atom is -0.392 e. The quantitative estimate of drug-likeness (QED) is 0.867. The molecule has 4 nitrogen and oxygen atoms in total. The van der Waals surface area contributed by atoms with Crippen molar-refractivity contribution >= 4 is 5.69 Å². The maximum absolute atomic E-state index is 9.27. The van der Waals surface area contributed by atoms with Gasteiger partial charge < -0.3 is 10.0 Å². The minimum atomic E-state index is 0.0110. The van der Waals surface area contributed by atoms with Gasteiger partial charge in [-0.05, 0) is 18.2 Å². The Balaban J connectivity index is 2.01. The Morgan fingerprint density at radius 1 is 1.22 bits per heavy atom. The minimum absolute atomic E-state index is 0.0110. The zero-order valence-electron chi connectivity index (χ0n) is 10.5. The van der Waals surface area contributed by atoms with Gasteiger partial charge in [-0.25, -0.2) is 0 Å². The molecule has 2 heterocycles. The molecule has 18 heavy (non-hydrogen) atoms. The topological polar surface area (TPSA) is 49.2 Å². The van der Waals surface area contributed by atoms with Gasteiger partial charge in [0.1, 0.15) is 0 Å². The number of rotatable bonds is 5. The molecule has 94 valence electrons. The standard InChI is InChI=1S/C14H17N3O/c1-17(9-6-13-4-2-3-7-16-13)14-5-8-15-10-12(14)11-18/h2-5,7-8,10,18H,6,9,11H2,1H3. The Hall–Kier alpha value is -1.94. The Bertz CT molecular complexity index is 487. The van der Waals surface area contributed by atoms with Gasteiger partial charge in [0.15, 0.2) is 0 Å². The monoisotopic (exact) mass is 243 g/mol. The lowest BCUT2D eigenvalue weighted by Crippen LogP contribution is -2.22. The van der Waals surface area contributed by atoms with Gasteiger partial charge in [0.25, 0.3) is 0 Å². The highest BCUT2D eigenvalue weighted by atomic mass is 16.3. The molecule has 2 aromatic heterocycles. The Morgan fingerprint density at radius 3 is 2.83 bits per heavy atom. The summed E-state index contributed by atoms with van der Waals surface area (Å²) in [6.45, 7) is 0.866. The fourth-order valence-electron chi connectivity index (χ4n) is 1.86. The average Bonchev–Trinajstić information content (AvgIpc) is 2.45. The number of pyridine rings is 2. The zero-order valence-corrected chi connectivity index (χ0v) is 10.5. The molecule has 0 aliphatic rings. The van der Waals surface area contributed by atoms with Crippen LogP contribution in [0.25, 0.3) is 0 Å². The first-order valence-corrected chi connectivity index (χ1v) is 5.96. The Labute approximate surface area is 107 Å². The predicted octanol–water partition coefficient (Wildman–Crippen LogP) is 1.65. The molecular formula is C14H17N3O. The second-order valence-corrected chi connectivity index (χ2v) is 4.16. The van der Waals surface area contributed by atoms with Crippen molar-refractivity contribution in [3.8, 4) is 0 Å². The molecule has 0 aromatic carbocycles. The fourth-order valence-corrected chi connectivity index (χ4v) is 1.86. The summed E-state index contributed by atoms with van der Waals surface area (Å²) in [6, 6.07) is 7.85. The molecule has 0 saturated heterocycles. The molecule has 0 amide bonds. The number of hydrogen-bond acceptors (Lipinski definition) is 4. The van der Waals surface area contributed by atoms with Crippen LogP contribution < -0.4 is 4.90 Å². The highest BCUT2D eigenvalue weighted by Gasteiger charge is 2.06. The molecule has 2 rings (SSSR count). The number of anilines is 1. The van der Waals surface area contributed by atoms with E-state index in [1.165, 1.54) is 0 Å². The second-order valence-electron chi connectivity index (χ2n) is 4.16. The van der Waals surface area contributed by atoms with Gasteiger partial charge in [-0.2, -0.15) is 0 Å². The van der Waals surface area contributed by atoms with Crippen molar-refractivity contribution in [3.63, 3.8) is 0 Å². The third-order valence-electron chi connectivity index (χ3n) is 2.89. The van der Waals surface area contributed by atoms with Crippen molar-refractivity contribution in [3.05, 3.63) is 54.1 Å². The van der Waals surface area contributed by atoms with Crippen LogP contribution in [0, 0.1) is 0 Å². The number of likely N-dealkylation sites (N-methyl/N-ethyl adjacent to an activating group) is 1. The van der Waals surface area contributed by atoms with Gasteiger partial charge in [0.05, 0.1) is 6.61 Å². The molecule has 0 unspecified atom stereocenters. The van der Waals surface area contributed by atoms with Crippen LogP contribution in [0.15, 0.2) is 42.9 Å². The second kappa shape index (κ2) is 6.12. The smallest absolute Gasteiger partial charge is 0.0717 e. The van der Waals surface area contributed by atoms with Crippen molar-refractivity contribution in [1.29, 1.82) is 0 Å². The molecule has 0 aliphatic heterocycles. The fraction of sp³-hybridized carbons (Fsp3) is 0.286. The molecule has 0 atom stereocenters. The van der Waals surface area contributed by atoms with E-state index in [0.29, 0.717) is 0 Å². The van der Waals surface area contributed by atoms with Gasteiger partial charge >= 0.3 is 0 Å². The SMILES string of the molecule is CN(CCc1ccccn1)c1ccncc1CO. The van der Waals surface area contributed by atoms with E-state index in [1.807, 2.05) is 31.3 Å². The number of aliphatic hydroxyl groups excluding tert-OH is 1. The molecule has 0 fully saturated rings. The molecule has 0 spiro atoms. The van der Waals surface area contributed by atoms with Gasteiger partial charge in [-0.3, -0.25) is 9.97 Å². The van der Waals surface area contributed by atoms with E-state index in [1.54, 1.807) is 18.6 Å². The maximum Gasteiger partial charge on any atom is 0.0717 e. The van der Waals surface area contributed by atoms with E-state index in [2.05, 4.69) is 14.9 Å². The van der Waals surface area contributed by atoms with Crippen LogP contribution in [0.2, 0.25) is 0 Å².